The van der Waals surface area contributed by atoms with Crippen LogP contribution in [0, 0.1) is 5.92 Å². The van der Waals surface area contributed by atoms with E-state index in [1.165, 1.54) is 24.3 Å². The van der Waals surface area contributed by atoms with Gasteiger partial charge in [0.2, 0.25) is 0 Å². The van der Waals surface area contributed by atoms with E-state index in [1.807, 2.05) is 11.8 Å². The Kier molecular flexibility index (Phi) is 7.67. The smallest absolute Gasteiger partial charge is 0.130 e. The van der Waals surface area contributed by atoms with E-state index in [0.717, 1.165) is 6.42 Å². The van der Waals surface area contributed by atoms with Crippen molar-refractivity contribution in [2.75, 3.05) is 11.5 Å². The molecule has 0 bridgehead atoms. The van der Waals surface area contributed by atoms with Crippen molar-refractivity contribution in [1.82, 2.24) is 0 Å². The number of hydrogen-bond acceptors (Lipinski definition) is 2. The molecule has 1 atom stereocenters. The molecule has 0 aliphatic carbocycles. The van der Waals surface area contributed by atoms with Gasteiger partial charge in [-0.1, -0.05) is 13.8 Å². The van der Waals surface area contributed by atoms with Crippen LogP contribution in [-0.4, -0.2) is 17.3 Å². The second kappa shape index (κ2) is 7.66. The Morgan fingerprint density at radius 3 is 2.67 bits per heavy atom. The van der Waals surface area contributed by atoms with Crippen molar-refractivity contribution in [3.63, 3.8) is 0 Å². The maximum Gasteiger partial charge on any atom is 0.130 e. The van der Waals surface area contributed by atoms with Crippen LogP contribution in [0.2, 0.25) is 0 Å². The van der Waals surface area contributed by atoms with Gasteiger partial charge in [0.15, 0.2) is 0 Å². The molecule has 0 aromatic carbocycles. The van der Waals surface area contributed by atoms with Crippen LogP contribution in [0.1, 0.15) is 40.0 Å². The Morgan fingerprint density at radius 1 is 1.50 bits per heavy atom. The third kappa shape index (κ3) is 8.12. The van der Waals surface area contributed by atoms with E-state index in [-0.39, 0.29) is 0 Å². The molecule has 0 N–H and O–H groups in total. The van der Waals surface area contributed by atoms with E-state index in [0.29, 0.717) is 11.7 Å². The highest BCUT2D eigenvalue weighted by atomic mass is 32.2. The summed E-state index contributed by atoms with van der Waals surface area (Å²) in [7, 11) is 0. The standard InChI is InChI=1S/C10H20OS/c1-4-12-7-5-6-9(2)8-10(3)11/h9H,4-8H2,1-3H3. The first-order valence-electron chi connectivity index (χ1n) is 4.74. The minimum Gasteiger partial charge on any atom is -0.300 e. The van der Waals surface area contributed by atoms with Gasteiger partial charge in [-0.05, 0) is 37.2 Å². The summed E-state index contributed by atoms with van der Waals surface area (Å²) in [5.41, 5.74) is 0. The molecule has 2 heteroatoms. The zero-order valence-electron chi connectivity index (χ0n) is 8.43. The Morgan fingerprint density at radius 2 is 2.17 bits per heavy atom. The molecule has 0 aromatic heterocycles. The van der Waals surface area contributed by atoms with Crippen LogP contribution < -0.4 is 0 Å². The summed E-state index contributed by atoms with van der Waals surface area (Å²) in [6.07, 6.45) is 3.22. The molecule has 0 saturated carbocycles. The van der Waals surface area contributed by atoms with Crippen LogP contribution in [0.5, 0.6) is 0 Å². The summed E-state index contributed by atoms with van der Waals surface area (Å²) in [6.45, 7) is 6.03. The van der Waals surface area contributed by atoms with Crippen molar-refractivity contribution in [2.45, 2.75) is 40.0 Å². The molecule has 0 radical (unpaired) electrons. The molecule has 0 fully saturated rings. The van der Waals surface area contributed by atoms with Crippen LogP contribution >= 0.6 is 11.8 Å². The average Bonchev–Trinajstić information content (AvgIpc) is 1.97. The van der Waals surface area contributed by atoms with Gasteiger partial charge in [0.05, 0.1) is 0 Å². The Bertz CT molecular complexity index is 123. The summed E-state index contributed by atoms with van der Waals surface area (Å²) in [6, 6.07) is 0. The summed E-state index contributed by atoms with van der Waals surface area (Å²) in [5, 5.41) is 0. The number of thioether (sulfide) groups is 1. The zero-order valence-corrected chi connectivity index (χ0v) is 9.25. The topological polar surface area (TPSA) is 17.1 Å². The fraction of sp³-hybridized carbons (Fsp3) is 0.900. The number of hydrogen-bond donors (Lipinski definition) is 0. The second-order valence-corrected chi connectivity index (χ2v) is 4.74. The summed E-state index contributed by atoms with van der Waals surface area (Å²) < 4.78 is 0. The van der Waals surface area contributed by atoms with Gasteiger partial charge in [-0.2, -0.15) is 11.8 Å². The molecule has 0 spiro atoms. The molecule has 0 aliphatic rings. The van der Waals surface area contributed by atoms with E-state index < -0.39 is 0 Å². The van der Waals surface area contributed by atoms with E-state index in [9.17, 15) is 4.79 Å². The van der Waals surface area contributed by atoms with Gasteiger partial charge >= 0.3 is 0 Å². The lowest BCUT2D eigenvalue weighted by Crippen LogP contribution is -2.01. The maximum absolute atomic E-state index is 10.7. The number of Topliss-reactive ketones (excluding diaryl/α,β-unsaturated/α-hetero) is 1. The Labute approximate surface area is 80.3 Å². The first-order valence-corrected chi connectivity index (χ1v) is 5.89. The minimum atomic E-state index is 0.325. The molecule has 0 amide bonds. The van der Waals surface area contributed by atoms with Crippen molar-refractivity contribution in [3.05, 3.63) is 0 Å². The van der Waals surface area contributed by atoms with Crippen molar-refractivity contribution in [2.24, 2.45) is 5.92 Å². The normalized spacial score (nSPS) is 12.9. The first-order chi connectivity index (χ1) is 5.66. The van der Waals surface area contributed by atoms with E-state index >= 15 is 0 Å². The predicted octanol–water partition coefficient (Wildman–Crippen LogP) is 3.13. The highest BCUT2D eigenvalue weighted by Crippen LogP contribution is 2.13. The van der Waals surface area contributed by atoms with Gasteiger partial charge in [-0.3, -0.25) is 0 Å². The Hall–Kier alpha value is 0.0200. The molecule has 0 rings (SSSR count). The molecule has 12 heavy (non-hydrogen) atoms. The van der Waals surface area contributed by atoms with Crippen molar-refractivity contribution in [3.8, 4) is 0 Å². The van der Waals surface area contributed by atoms with Crippen LogP contribution in [0.25, 0.3) is 0 Å². The van der Waals surface area contributed by atoms with Gasteiger partial charge in [0.25, 0.3) is 0 Å². The molecular formula is C10H20OS. The third-order valence-electron chi connectivity index (χ3n) is 1.83. The lowest BCUT2D eigenvalue weighted by molar-refractivity contribution is -0.117. The van der Waals surface area contributed by atoms with Gasteiger partial charge in [-0.15, -0.1) is 0 Å². The molecule has 1 unspecified atom stereocenters. The average molecular weight is 188 g/mol. The predicted molar refractivity (Wildman–Crippen MR) is 56.7 cm³/mol. The van der Waals surface area contributed by atoms with Gasteiger partial charge in [-0.25, -0.2) is 0 Å². The van der Waals surface area contributed by atoms with Crippen LogP contribution in [-0.2, 0) is 4.79 Å². The molecule has 0 heterocycles. The molecule has 0 aromatic rings. The molecule has 72 valence electrons. The molecule has 0 aliphatic heterocycles. The van der Waals surface area contributed by atoms with E-state index in [4.69, 9.17) is 0 Å². The van der Waals surface area contributed by atoms with Crippen molar-refractivity contribution < 1.29 is 4.79 Å². The number of carbonyl (C=O) groups excluding carboxylic acids is 1. The molecule has 1 nitrogen and oxygen atoms in total. The minimum absolute atomic E-state index is 0.325. The van der Waals surface area contributed by atoms with Crippen molar-refractivity contribution in [1.29, 1.82) is 0 Å². The first kappa shape index (κ1) is 12.0. The third-order valence-corrected chi connectivity index (χ3v) is 2.81. The highest BCUT2D eigenvalue weighted by molar-refractivity contribution is 7.99. The van der Waals surface area contributed by atoms with E-state index in [2.05, 4.69) is 13.8 Å². The van der Waals surface area contributed by atoms with Gasteiger partial charge in [0, 0.05) is 6.42 Å². The van der Waals surface area contributed by atoms with Crippen LogP contribution in [0.3, 0.4) is 0 Å². The zero-order chi connectivity index (χ0) is 9.40. The van der Waals surface area contributed by atoms with Crippen LogP contribution in [0.15, 0.2) is 0 Å². The lowest BCUT2D eigenvalue weighted by Gasteiger charge is -2.07. The van der Waals surface area contributed by atoms with Crippen LogP contribution in [0.4, 0.5) is 0 Å². The number of carbonyl (C=O) groups is 1. The summed E-state index contributed by atoms with van der Waals surface area (Å²) >= 11 is 1.98. The fourth-order valence-corrected chi connectivity index (χ4v) is 1.93. The molecule has 0 saturated heterocycles. The van der Waals surface area contributed by atoms with Crippen molar-refractivity contribution >= 4 is 17.5 Å². The Balaban J connectivity index is 3.19. The monoisotopic (exact) mass is 188 g/mol. The quantitative estimate of drug-likeness (QED) is 0.571. The second-order valence-electron chi connectivity index (χ2n) is 3.35. The molecular weight excluding hydrogens is 168 g/mol. The lowest BCUT2D eigenvalue weighted by atomic mass is 10.0. The highest BCUT2D eigenvalue weighted by Gasteiger charge is 2.04. The fourth-order valence-electron chi connectivity index (χ4n) is 1.27. The SMILES string of the molecule is CCSCCCC(C)CC(C)=O. The maximum atomic E-state index is 10.7. The van der Waals surface area contributed by atoms with E-state index in [1.54, 1.807) is 6.92 Å². The van der Waals surface area contributed by atoms with Gasteiger partial charge < -0.3 is 4.79 Å². The number of ketones is 1. The summed E-state index contributed by atoms with van der Waals surface area (Å²) in [4.78, 5) is 10.7. The largest absolute Gasteiger partial charge is 0.300 e. The van der Waals surface area contributed by atoms with Gasteiger partial charge in [0.1, 0.15) is 5.78 Å². The summed E-state index contributed by atoms with van der Waals surface area (Å²) in [5.74, 6) is 3.37. The number of rotatable bonds is 7.